The number of morpholine rings is 1. The number of nitro groups is 1. The first-order chi connectivity index (χ1) is 13.0. The Labute approximate surface area is 156 Å². The van der Waals surface area contributed by atoms with Crippen molar-refractivity contribution in [2.45, 2.75) is 26.5 Å². The molecule has 27 heavy (non-hydrogen) atoms. The molecule has 1 unspecified atom stereocenters. The van der Waals surface area contributed by atoms with Crippen LogP contribution in [0.25, 0.3) is 10.9 Å². The van der Waals surface area contributed by atoms with Gasteiger partial charge < -0.3 is 9.64 Å². The summed E-state index contributed by atoms with van der Waals surface area (Å²) in [5.74, 6) is 0. The Balaban J connectivity index is 1.67. The lowest BCUT2D eigenvalue weighted by molar-refractivity contribution is -0.383. The number of nitrogens with zero attached hydrogens (tertiary/aromatic N) is 5. The number of aryl methyl sites for hydroxylation is 2. The highest BCUT2D eigenvalue weighted by molar-refractivity contribution is 5.97. The molecule has 8 nitrogen and oxygen atoms in total. The van der Waals surface area contributed by atoms with Crippen LogP contribution in [-0.2, 0) is 11.3 Å². The SMILES string of the molecule is Cc1cnn(CC2CN(c3cc(C)nc4c([N+](=O)[O-])cccc34)CCO2)c1. The highest BCUT2D eigenvalue weighted by Crippen LogP contribution is 2.33. The Kier molecular flexibility index (Phi) is 4.49. The molecular weight excluding hydrogens is 346 g/mol. The van der Waals surface area contributed by atoms with Gasteiger partial charge in [0.1, 0.15) is 0 Å². The smallest absolute Gasteiger partial charge is 0.295 e. The Hall–Kier alpha value is -3.00. The third kappa shape index (κ3) is 3.48. The second-order valence-corrected chi connectivity index (χ2v) is 6.89. The van der Waals surface area contributed by atoms with Crippen LogP contribution < -0.4 is 4.90 Å². The Morgan fingerprint density at radius 2 is 2.22 bits per heavy atom. The molecule has 0 bridgehead atoms. The first kappa shape index (κ1) is 17.4. The van der Waals surface area contributed by atoms with Crippen molar-refractivity contribution in [3.05, 3.63) is 58.0 Å². The van der Waals surface area contributed by atoms with Crippen molar-refractivity contribution >= 4 is 22.3 Å². The van der Waals surface area contributed by atoms with Crippen LogP contribution in [0, 0.1) is 24.0 Å². The normalized spacial score (nSPS) is 17.4. The van der Waals surface area contributed by atoms with Gasteiger partial charge in [-0.05, 0) is 25.5 Å². The van der Waals surface area contributed by atoms with Crippen molar-refractivity contribution in [3.8, 4) is 0 Å². The predicted molar refractivity (Wildman–Crippen MR) is 102 cm³/mol. The number of anilines is 1. The van der Waals surface area contributed by atoms with E-state index < -0.39 is 0 Å². The van der Waals surface area contributed by atoms with E-state index in [-0.39, 0.29) is 16.7 Å². The molecule has 0 spiro atoms. The average molecular weight is 367 g/mol. The maximum atomic E-state index is 11.4. The molecular formula is C19H21N5O3. The zero-order valence-electron chi connectivity index (χ0n) is 15.3. The molecule has 1 saturated heterocycles. The van der Waals surface area contributed by atoms with Gasteiger partial charge in [-0.1, -0.05) is 12.1 Å². The second kappa shape index (κ2) is 6.96. The Bertz CT molecular complexity index is 1000. The van der Waals surface area contributed by atoms with Gasteiger partial charge in [-0.15, -0.1) is 0 Å². The predicted octanol–water partition coefficient (Wildman–Crippen LogP) is 2.86. The summed E-state index contributed by atoms with van der Waals surface area (Å²) in [6.07, 6.45) is 3.83. The van der Waals surface area contributed by atoms with E-state index in [4.69, 9.17) is 4.74 Å². The van der Waals surface area contributed by atoms with Gasteiger partial charge >= 0.3 is 0 Å². The molecule has 8 heteroatoms. The molecule has 1 aliphatic heterocycles. The third-order valence-electron chi connectivity index (χ3n) is 4.75. The minimum Gasteiger partial charge on any atom is -0.373 e. The molecule has 1 aliphatic rings. The van der Waals surface area contributed by atoms with Gasteiger partial charge in [-0.25, -0.2) is 4.98 Å². The standard InChI is InChI=1S/C19H21N5O3/c1-13-9-20-23(10-13)12-15-11-22(6-7-27-15)18-8-14(2)21-19-16(18)4-3-5-17(19)24(25)26/h3-5,8-10,15H,6-7,11-12H2,1-2H3. The number of fused-ring (bicyclic) bond motifs is 1. The van der Waals surface area contributed by atoms with E-state index >= 15 is 0 Å². The number of nitro benzene ring substituents is 1. The average Bonchev–Trinajstić information content (AvgIpc) is 3.05. The topological polar surface area (TPSA) is 86.3 Å². The largest absolute Gasteiger partial charge is 0.373 e. The molecule has 2 aromatic heterocycles. The summed E-state index contributed by atoms with van der Waals surface area (Å²) < 4.78 is 7.81. The minimum absolute atomic E-state index is 0.000250. The van der Waals surface area contributed by atoms with Crippen molar-refractivity contribution in [1.82, 2.24) is 14.8 Å². The van der Waals surface area contributed by atoms with Gasteiger partial charge in [-0.2, -0.15) is 5.10 Å². The van der Waals surface area contributed by atoms with Gasteiger partial charge in [0.15, 0.2) is 5.52 Å². The van der Waals surface area contributed by atoms with E-state index in [1.807, 2.05) is 43.1 Å². The van der Waals surface area contributed by atoms with Crippen LogP contribution in [0.2, 0.25) is 0 Å². The summed E-state index contributed by atoms with van der Waals surface area (Å²) in [5, 5.41) is 16.5. The molecule has 0 N–H and O–H groups in total. The summed E-state index contributed by atoms with van der Waals surface area (Å²) in [4.78, 5) is 17.7. The number of hydrogen-bond acceptors (Lipinski definition) is 6. The lowest BCUT2D eigenvalue weighted by atomic mass is 10.1. The molecule has 0 saturated carbocycles. The summed E-state index contributed by atoms with van der Waals surface area (Å²) in [7, 11) is 0. The Morgan fingerprint density at radius 3 is 2.96 bits per heavy atom. The fourth-order valence-corrected chi connectivity index (χ4v) is 3.57. The van der Waals surface area contributed by atoms with Crippen molar-refractivity contribution in [2.75, 3.05) is 24.6 Å². The maximum absolute atomic E-state index is 11.4. The minimum atomic E-state index is -0.374. The molecule has 0 aliphatic carbocycles. The number of non-ortho nitro benzene ring substituents is 1. The van der Waals surface area contributed by atoms with Gasteiger partial charge in [0.25, 0.3) is 5.69 Å². The summed E-state index contributed by atoms with van der Waals surface area (Å²) in [5.41, 5.74) is 3.31. The van der Waals surface area contributed by atoms with E-state index in [2.05, 4.69) is 15.0 Å². The quantitative estimate of drug-likeness (QED) is 0.521. The number of hydrogen-bond donors (Lipinski definition) is 0. The first-order valence-electron chi connectivity index (χ1n) is 8.91. The lowest BCUT2D eigenvalue weighted by Gasteiger charge is -2.35. The Morgan fingerprint density at radius 1 is 1.37 bits per heavy atom. The van der Waals surface area contributed by atoms with Crippen molar-refractivity contribution in [2.24, 2.45) is 0 Å². The summed E-state index contributed by atoms with van der Waals surface area (Å²) in [6, 6.07) is 7.10. The second-order valence-electron chi connectivity index (χ2n) is 6.89. The van der Waals surface area contributed by atoms with Gasteiger partial charge in [0, 0.05) is 42.1 Å². The van der Waals surface area contributed by atoms with Crippen LogP contribution >= 0.6 is 0 Å². The lowest BCUT2D eigenvalue weighted by Crippen LogP contribution is -2.44. The summed E-state index contributed by atoms with van der Waals surface area (Å²) in [6.45, 7) is 6.58. The number of benzene rings is 1. The molecule has 1 aromatic carbocycles. The van der Waals surface area contributed by atoms with Crippen molar-refractivity contribution in [3.63, 3.8) is 0 Å². The number of aromatic nitrogens is 3. The van der Waals surface area contributed by atoms with Gasteiger partial charge in [0.05, 0.1) is 30.4 Å². The van der Waals surface area contributed by atoms with Gasteiger partial charge in [-0.3, -0.25) is 14.8 Å². The number of ether oxygens (including phenoxy) is 1. The van der Waals surface area contributed by atoms with Crippen molar-refractivity contribution in [1.29, 1.82) is 0 Å². The van der Waals surface area contributed by atoms with Crippen LogP contribution in [-0.4, -0.2) is 45.5 Å². The maximum Gasteiger partial charge on any atom is 0.295 e. The zero-order chi connectivity index (χ0) is 19.0. The molecule has 0 amide bonds. The monoisotopic (exact) mass is 367 g/mol. The first-order valence-corrected chi connectivity index (χ1v) is 8.91. The number of para-hydroxylation sites is 1. The fraction of sp³-hybridized carbons (Fsp3) is 0.368. The molecule has 1 fully saturated rings. The van der Waals surface area contributed by atoms with Crippen LogP contribution in [0.1, 0.15) is 11.3 Å². The van der Waals surface area contributed by atoms with E-state index in [0.29, 0.717) is 25.2 Å². The number of rotatable bonds is 4. The molecule has 1 atom stereocenters. The van der Waals surface area contributed by atoms with Crippen LogP contribution in [0.3, 0.4) is 0 Å². The molecule has 3 aromatic rings. The zero-order valence-corrected chi connectivity index (χ0v) is 15.3. The van der Waals surface area contributed by atoms with E-state index in [1.54, 1.807) is 6.07 Å². The summed E-state index contributed by atoms with van der Waals surface area (Å²) >= 11 is 0. The highest BCUT2D eigenvalue weighted by atomic mass is 16.6. The highest BCUT2D eigenvalue weighted by Gasteiger charge is 2.24. The van der Waals surface area contributed by atoms with E-state index in [1.165, 1.54) is 6.07 Å². The van der Waals surface area contributed by atoms with E-state index in [9.17, 15) is 10.1 Å². The molecule has 4 rings (SSSR count). The van der Waals surface area contributed by atoms with Crippen LogP contribution in [0.5, 0.6) is 0 Å². The van der Waals surface area contributed by atoms with Gasteiger partial charge in [0.2, 0.25) is 0 Å². The number of pyridine rings is 1. The van der Waals surface area contributed by atoms with Crippen LogP contribution in [0.4, 0.5) is 11.4 Å². The molecule has 140 valence electrons. The van der Waals surface area contributed by atoms with Crippen molar-refractivity contribution < 1.29 is 9.66 Å². The molecule has 0 radical (unpaired) electrons. The van der Waals surface area contributed by atoms with E-state index in [0.717, 1.165) is 28.9 Å². The molecule has 3 heterocycles. The van der Waals surface area contributed by atoms with Crippen LogP contribution in [0.15, 0.2) is 36.7 Å². The third-order valence-corrected chi connectivity index (χ3v) is 4.75. The fourth-order valence-electron chi connectivity index (χ4n) is 3.57.